The molecule has 64 valence electrons. The van der Waals surface area contributed by atoms with Crippen molar-refractivity contribution in [2.75, 3.05) is 6.54 Å². The first kappa shape index (κ1) is 8.57. The third kappa shape index (κ3) is 3.40. The molecule has 1 rings (SSSR count). The van der Waals surface area contributed by atoms with Crippen LogP contribution in [0.4, 0.5) is 0 Å². The molecule has 11 heavy (non-hydrogen) atoms. The van der Waals surface area contributed by atoms with Gasteiger partial charge in [0.2, 0.25) is 5.91 Å². The smallest absolute Gasteiger partial charge is 0.216 e. The van der Waals surface area contributed by atoms with E-state index in [4.69, 9.17) is 0 Å². The summed E-state index contributed by atoms with van der Waals surface area (Å²) in [4.78, 5) is 10.5. The summed E-state index contributed by atoms with van der Waals surface area (Å²) in [6, 6.07) is 0. The van der Waals surface area contributed by atoms with Gasteiger partial charge >= 0.3 is 0 Å². The van der Waals surface area contributed by atoms with E-state index in [1.54, 1.807) is 6.92 Å². The van der Waals surface area contributed by atoms with E-state index in [1.807, 2.05) is 0 Å². The summed E-state index contributed by atoms with van der Waals surface area (Å²) in [5.74, 6) is 1.07. The summed E-state index contributed by atoms with van der Waals surface area (Å²) in [6.07, 6.45) is 6.72. The molecule has 0 atom stereocenters. The van der Waals surface area contributed by atoms with Crippen molar-refractivity contribution in [1.82, 2.24) is 5.32 Å². The average molecular weight is 155 g/mol. The van der Waals surface area contributed by atoms with Crippen molar-refractivity contribution in [3.8, 4) is 0 Å². The highest BCUT2D eigenvalue weighted by Crippen LogP contribution is 2.29. The minimum atomic E-state index is 0.0959. The molecule has 1 amide bonds. The number of carbonyl (C=O) groups is 1. The lowest BCUT2D eigenvalue weighted by Crippen LogP contribution is -2.22. The molecule has 2 nitrogen and oxygen atoms in total. The Hall–Kier alpha value is -0.530. The van der Waals surface area contributed by atoms with Gasteiger partial charge < -0.3 is 5.32 Å². The van der Waals surface area contributed by atoms with Gasteiger partial charge in [0.1, 0.15) is 0 Å². The van der Waals surface area contributed by atoms with Gasteiger partial charge in [0.05, 0.1) is 0 Å². The molecular weight excluding hydrogens is 138 g/mol. The number of nitrogens with one attached hydrogen (secondary N) is 1. The molecule has 0 bridgehead atoms. The van der Waals surface area contributed by atoms with Crippen molar-refractivity contribution >= 4 is 5.91 Å². The lowest BCUT2D eigenvalue weighted by molar-refractivity contribution is -0.118. The predicted octanol–water partition coefficient (Wildman–Crippen LogP) is 1.70. The quantitative estimate of drug-likeness (QED) is 0.615. The van der Waals surface area contributed by atoms with E-state index in [2.05, 4.69) is 5.32 Å². The van der Waals surface area contributed by atoms with Crippen LogP contribution in [-0.4, -0.2) is 12.5 Å². The van der Waals surface area contributed by atoms with Crippen LogP contribution in [0.3, 0.4) is 0 Å². The Morgan fingerprint density at radius 2 is 2.27 bits per heavy atom. The van der Waals surface area contributed by atoms with Gasteiger partial charge in [0.25, 0.3) is 0 Å². The molecule has 0 aromatic carbocycles. The largest absolute Gasteiger partial charge is 0.356 e. The predicted molar refractivity (Wildman–Crippen MR) is 45.3 cm³/mol. The van der Waals surface area contributed by atoms with Crippen molar-refractivity contribution in [2.45, 2.75) is 39.0 Å². The molecule has 1 aliphatic carbocycles. The highest BCUT2D eigenvalue weighted by Gasteiger charge is 2.15. The minimum Gasteiger partial charge on any atom is -0.356 e. The molecule has 0 aliphatic heterocycles. The van der Waals surface area contributed by atoms with E-state index in [0.29, 0.717) is 0 Å². The molecular formula is C9H17NO. The molecule has 0 unspecified atom stereocenters. The summed E-state index contributed by atoms with van der Waals surface area (Å²) >= 11 is 0. The highest BCUT2D eigenvalue weighted by atomic mass is 16.1. The third-order valence-electron chi connectivity index (χ3n) is 2.39. The fourth-order valence-corrected chi connectivity index (χ4v) is 1.44. The molecule has 1 aliphatic rings. The van der Waals surface area contributed by atoms with Gasteiger partial charge in [0, 0.05) is 13.5 Å². The minimum absolute atomic E-state index is 0.0959. The standard InChI is InChI=1S/C9H17NO/c1-8(11)10-7-3-6-9-4-2-5-9/h9H,2-7H2,1H3,(H,10,11). The van der Waals surface area contributed by atoms with Crippen LogP contribution in [0.2, 0.25) is 0 Å². The van der Waals surface area contributed by atoms with Crippen molar-refractivity contribution in [3.05, 3.63) is 0 Å². The van der Waals surface area contributed by atoms with E-state index >= 15 is 0 Å². The van der Waals surface area contributed by atoms with Crippen LogP contribution in [0, 0.1) is 5.92 Å². The Bertz CT molecular complexity index is 130. The maximum Gasteiger partial charge on any atom is 0.216 e. The number of rotatable bonds is 4. The average Bonchev–Trinajstić information content (AvgIpc) is 1.82. The molecule has 0 saturated heterocycles. The zero-order chi connectivity index (χ0) is 8.10. The molecule has 0 spiro atoms. The molecule has 0 heterocycles. The Kier molecular flexibility index (Phi) is 3.40. The van der Waals surface area contributed by atoms with Crippen LogP contribution in [0.25, 0.3) is 0 Å². The van der Waals surface area contributed by atoms with Crippen LogP contribution in [-0.2, 0) is 4.79 Å². The SMILES string of the molecule is CC(=O)NCCCC1CCC1. The zero-order valence-electron chi connectivity index (χ0n) is 7.23. The molecule has 0 aromatic heterocycles. The molecule has 1 N–H and O–H groups in total. The van der Waals surface area contributed by atoms with E-state index < -0.39 is 0 Å². The van der Waals surface area contributed by atoms with Gasteiger partial charge in [-0.15, -0.1) is 0 Å². The summed E-state index contributed by atoms with van der Waals surface area (Å²) in [5.41, 5.74) is 0. The Morgan fingerprint density at radius 1 is 1.55 bits per heavy atom. The van der Waals surface area contributed by atoms with Crippen LogP contribution >= 0.6 is 0 Å². The van der Waals surface area contributed by atoms with Crippen molar-refractivity contribution in [2.24, 2.45) is 5.92 Å². The zero-order valence-corrected chi connectivity index (χ0v) is 7.23. The van der Waals surface area contributed by atoms with Crippen LogP contribution in [0.5, 0.6) is 0 Å². The molecule has 2 heteroatoms. The van der Waals surface area contributed by atoms with Gasteiger partial charge in [0.15, 0.2) is 0 Å². The van der Waals surface area contributed by atoms with Crippen LogP contribution < -0.4 is 5.32 Å². The van der Waals surface area contributed by atoms with Crippen molar-refractivity contribution < 1.29 is 4.79 Å². The molecule has 1 saturated carbocycles. The van der Waals surface area contributed by atoms with E-state index in [9.17, 15) is 4.79 Å². The molecule has 0 radical (unpaired) electrons. The maximum absolute atomic E-state index is 10.5. The fraction of sp³-hybridized carbons (Fsp3) is 0.889. The van der Waals surface area contributed by atoms with Gasteiger partial charge in [-0.2, -0.15) is 0 Å². The lowest BCUT2D eigenvalue weighted by atomic mass is 9.82. The van der Waals surface area contributed by atoms with Crippen LogP contribution in [0.1, 0.15) is 39.0 Å². The summed E-state index contributed by atoms with van der Waals surface area (Å²) < 4.78 is 0. The lowest BCUT2D eigenvalue weighted by Gasteiger charge is -2.24. The summed E-state index contributed by atoms with van der Waals surface area (Å²) in [7, 11) is 0. The topological polar surface area (TPSA) is 29.1 Å². The van der Waals surface area contributed by atoms with Gasteiger partial charge in [-0.05, 0) is 18.8 Å². The highest BCUT2D eigenvalue weighted by molar-refractivity contribution is 5.72. The number of hydrogen-bond donors (Lipinski definition) is 1. The van der Waals surface area contributed by atoms with E-state index in [-0.39, 0.29) is 5.91 Å². The normalized spacial score (nSPS) is 17.5. The number of carbonyl (C=O) groups excluding carboxylic acids is 1. The summed E-state index contributed by atoms with van der Waals surface area (Å²) in [5, 5.41) is 2.81. The monoisotopic (exact) mass is 155 g/mol. The first-order valence-corrected chi connectivity index (χ1v) is 4.53. The maximum atomic E-state index is 10.5. The third-order valence-corrected chi connectivity index (χ3v) is 2.39. The first-order valence-electron chi connectivity index (χ1n) is 4.53. The second-order valence-electron chi connectivity index (χ2n) is 3.42. The van der Waals surface area contributed by atoms with Crippen LogP contribution in [0.15, 0.2) is 0 Å². The second kappa shape index (κ2) is 4.37. The Labute approximate surface area is 68.4 Å². The van der Waals surface area contributed by atoms with E-state index in [1.165, 1.54) is 25.7 Å². The molecule has 1 fully saturated rings. The van der Waals surface area contributed by atoms with Gasteiger partial charge in [-0.25, -0.2) is 0 Å². The number of amides is 1. The fourth-order valence-electron chi connectivity index (χ4n) is 1.44. The van der Waals surface area contributed by atoms with Gasteiger partial charge in [-0.3, -0.25) is 4.79 Å². The van der Waals surface area contributed by atoms with Crippen molar-refractivity contribution in [3.63, 3.8) is 0 Å². The summed E-state index contributed by atoms with van der Waals surface area (Å²) in [6.45, 7) is 2.44. The van der Waals surface area contributed by atoms with Crippen molar-refractivity contribution in [1.29, 1.82) is 0 Å². The van der Waals surface area contributed by atoms with E-state index in [0.717, 1.165) is 18.9 Å². The second-order valence-corrected chi connectivity index (χ2v) is 3.42. The first-order chi connectivity index (χ1) is 5.29. The Balaban J connectivity index is 1.83. The number of hydrogen-bond acceptors (Lipinski definition) is 1. The Morgan fingerprint density at radius 3 is 2.73 bits per heavy atom. The molecule has 0 aromatic rings. The van der Waals surface area contributed by atoms with Gasteiger partial charge in [-0.1, -0.05) is 19.3 Å².